The summed E-state index contributed by atoms with van der Waals surface area (Å²) in [5, 5.41) is 28.8. The fourth-order valence-electron chi connectivity index (χ4n) is 4.89. The maximum atomic E-state index is 13.7. The first kappa shape index (κ1) is 22.5. The van der Waals surface area contributed by atoms with E-state index < -0.39 is 22.4 Å². The number of para-hydroxylation sites is 2. The number of ketones is 1. The molecule has 2 aliphatic rings. The molecule has 3 aromatic carbocycles. The molecule has 5 rings (SSSR count). The molecule has 35 heavy (non-hydrogen) atoms. The lowest BCUT2D eigenvalue weighted by Gasteiger charge is -2.30. The Labute approximate surface area is 202 Å². The summed E-state index contributed by atoms with van der Waals surface area (Å²) in [6, 6.07) is 18.0. The van der Waals surface area contributed by atoms with Gasteiger partial charge >= 0.3 is 5.69 Å². The molecule has 0 saturated carbocycles. The average molecular weight is 472 g/mol. The summed E-state index contributed by atoms with van der Waals surface area (Å²) in [5.41, 5.74) is 5.14. The number of carbonyl (C=O) groups excluding carboxylic acids is 1. The Balaban J connectivity index is 1.65. The van der Waals surface area contributed by atoms with Gasteiger partial charge in [0.15, 0.2) is 11.5 Å². The second kappa shape index (κ2) is 8.79. The van der Waals surface area contributed by atoms with Crippen LogP contribution in [0.25, 0.3) is 0 Å². The van der Waals surface area contributed by atoms with Crippen molar-refractivity contribution in [3.63, 3.8) is 0 Å². The maximum absolute atomic E-state index is 13.7. The zero-order valence-electron chi connectivity index (χ0n) is 19.4. The van der Waals surface area contributed by atoms with Crippen LogP contribution in [0.4, 0.5) is 17.1 Å². The summed E-state index contributed by atoms with van der Waals surface area (Å²) in [6.07, 6.45) is 0.948. The Bertz CT molecular complexity index is 1360. The van der Waals surface area contributed by atoms with Gasteiger partial charge < -0.3 is 20.5 Å². The quantitative estimate of drug-likeness (QED) is 0.335. The highest BCUT2D eigenvalue weighted by molar-refractivity contribution is 6.01. The smallest absolute Gasteiger partial charge is 0.315 e. The van der Waals surface area contributed by atoms with Gasteiger partial charge in [-0.1, -0.05) is 42.0 Å². The third kappa shape index (κ3) is 4.07. The fourth-order valence-corrected chi connectivity index (χ4v) is 4.89. The Hall–Kier alpha value is -4.33. The second-order valence-electron chi connectivity index (χ2n) is 8.93. The van der Waals surface area contributed by atoms with Crippen LogP contribution in [0.5, 0.6) is 11.5 Å². The van der Waals surface area contributed by atoms with Gasteiger partial charge in [-0.15, -0.1) is 0 Å². The number of phenols is 1. The lowest BCUT2D eigenvalue weighted by molar-refractivity contribution is -0.386. The first-order valence-corrected chi connectivity index (χ1v) is 11.4. The Morgan fingerprint density at radius 3 is 2.43 bits per heavy atom. The molecule has 0 spiro atoms. The lowest BCUT2D eigenvalue weighted by Crippen LogP contribution is -2.27. The van der Waals surface area contributed by atoms with Crippen LogP contribution in [0.2, 0.25) is 0 Å². The number of methoxy groups -OCH3 is 1. The summed E-state index contributed by atoms with van der Waals surface area (Å²) in [6.45, 7) is 2.03. The number of ether oxygens (including phenoxy) is 1. The molecule has 1 aliphatic carbocycles. The van der Waals surface area contributed by atoms with E-state index >= 15 is 0 Å². The summed E-state index contributed by atoms with van der Waals surface area (Å²) in [4.78, 5) is 24.6. The van der Waals surface area contributed by atoms with Gasteiger partial charge in [0.1, 0.15) is 0 Å². The van der Waals surface area contributed by atoms with E-state index in [0.29, 0.717) is 24.0 Å². The maximum Gasteiger partial charge on any atom is 0.315 e. The summed E-state index contributed by atoms with van der Waals surface area (Å²) >= 11 is 0. The third-order valence-electron chi connectivity index (χ3n) is 6.68. The number of hydrogen-bond donors (Lipinski definition) is 3. The molecule has 1 heterocycles. The third-order valence-corrected chi connectivity index (χ3v) is 6.68. The molecule has 8 heteroatoms. The van der Waals surface area contributed by atoms with Crippen molar-refractivity contribution >= 4 is 22.8 Å². The van der Waals surface area contributed by atoms with E-state index in [-0.39, 0.29) is 17.5 Å². The Kier molecular flexibility index (Phi) is 5.64. The van der Waals surface area contributed by atoms with Gasteiger partial charge in [-0.05, 0) is 48.6 Å². The summed E-state index contributed by atoms with van der Waals surface area (Å²) in [7, 11) is 1.34. The fraction of sp³-hybridized carbons (Fsp3) is 0.222. The first-order valence-electron chi connectivity index (χ1n) is 11.4. The van der Waals surface area contributed by atoms with Crippen molar-refractivity contribution < 1.29 is 19.6 Å². The van der Waals surface area contributed by atoms with Gasteiger partial charge in [0.2, 0.25) is 5.75 Å². The number of benzene rings is 3. The molecule has 8 nitrogen and oxygen atoms in total. The predicted molar refractivity (Wildman–Crippen MR) is 133 cm³/mol. The zero-order chi connectivity index (χ0) is 24.7. The number of nitrogens with zero attached hydrogens (tertiary/aromatic N) is 1. The molecular weight excluding hydrogens is 446 g/mol. The minimum atomic E-state index is -0.666. The summed E-state index contributed by atoms with van der Waals surface area (Å²) < 4.78 is 5.22. The average Bonchev–Trinajstić information content (AvgIpc) is 3.01. The number of aromatic hydroxyl groups is 1. The van der Waals surface area contributed by atoms with Crippen LogP contribution in [0, 0.1) is 17.0 Å². The number of nitro benzene ring substituents is 1. The van der Waals surface area contributed by atoms with Crippen LogP contribution in [0.15, 0.2) is 71.9 Å². The topological polar surface area (TPSA) is 114 Å². The van der Waals surface area contributed by atoms with Gasteiger partial charge in [0, 0.05) is 23.8 Å². The molecule has 0 bridgehead atoms. The SMILES string of the molecule is COc1cc([C@H]2Nc3ccccc3NC3=C2C(=O)C[C@@H](c2ccc(C)cc2)C3)cc([N+](=O)[O-])c1O. The second-order valence-corrected chi connectivity index (χ2v) is 8.93. The van der Waals surface area contributed by atoms with Crippen molar-refractivity contribution in [3.05, 3.63) is 98.7 Å². The number of rotatable bonds is 4. The van der Waals surface area contributed by atoms with E-state index in [1.807, 2.05) is 43.3 Å². The highest BCUT2D eigenvalue weighted by Crippen LogP contribution is 2.46. The predicted octanol–water partition coefficient (Wildman–Crippen LogP) is 5.60. The number of nitrogens with one attached hydrogen (secondary N) is 2. The van der Waals surface area contributed by atoms with Gasteiger partial charge in [-0.25, -0.2) is 0 Å². The number of fused-ring (bicyclic) bond motifs is 1. The number of hydrogen-bond acceptors (Lipinski definition) is 7. The molecule has 0 fully saturated rings. The van der Waals surface area contributed by atoms with Crippen molar-refractivity contribution in [2.45, 2.75) is 31.7 Å². The molecule has 178 valence electrons. The molecule has 0 saturated heterocycles. The van der Waals surface area contributed by atoms with E-state index in [1.54, 1.807) is 0 Å². The van der Waals surface area contributed by atoms with Gasteiger partial charge in [-0.3, -0.25) is 14.9 Å². The monoisotopic (exact) mass is 471 g/mol. The van der Waals surface area contributed by atoms with Crippen LogP contribution in [0.3, 0.4) is 0 Å². The zero-order valence-corrected chi connectivity index (χ0v) is 19.4. The number of allylic oxidation sites excluding steroid dienone is 1. The van der Waals surface area contributed by atoms with Crippen LogP contribution in [-0.4, -0.2) is 22.9 Å². The van der Waals surface area contributed by atoms with Crippen molar-refractivity contribution in [1.82, 2.24) is 0 Å². The van der Waals surface area contributed by atoms with Crippen molar-refractivity contribution in [1.29, 1.82) is 0 Å². The van der Waals surface area contributed by atoms with E-state index in [2.05, 4.69) is 22.8 Å². The van der Waals surface area contributed by atoms with E-state index in [0.717, 1.165) is 28.2 Å². The van der Waals surface area contributed by atoms with E-state index in [9.17, 15) is 20.0 Å². The molecule has 2 atom stereocenters. The van der Waals surface area contributed by atoms with Crippen LogP contribution >= 0.6 is 0 Å². The van der Waals surface area contributed by atoms with Gasteiger partial charge in [-0.2, -0.15) is 0 Å². The molecule has 0 aromatic heterocycles. The summed E-state index contributed by atoms with van der Waals surface area (Å²) in [5.74, 6) is -0.588. The van der Waals surface area contributed by atoms with Crippen LogP contribution in [0.1, 0.15) is 41.5 Å². The first-order chi connectivity index (χ1) is 16.9. The Morgan fingerprint density at radius 2 is 1.74 bits per heavy atom. The molecule has 0 unspecified atom stereocenters. The highest BCUT2D eigenvalue weighted by Gasteiger charge is 2.37. The number of phenolic OH excluding ortho intramolecular Hbond substituents is 1. The molecule has 1 aliphatic heterocycles. The van der Waals surface area contributed by atoms with Crippen molar-refractivity contribution in [2.75, 3.05) is 17.7 Å². The minimum absolute atomic E-state index is 0.0175. The number of anilines is 2. The normalized spacial score (nSPS) is 19.1. The molecule has 3 aromatic rings. The van der Waals surface area contributed by atoms with Crippen molar-refractivity contribution in [3.8, 4) is 11.5 Å². The van der Waals surface area contributed by atoms with Gasteiger partial charge in [0.25, 0.3) is 0 Å². The molecule has 0 radical (unpaired) electrons. The standard InChI is InChI=1S/C27H25N3O5/c1-15-7-9-16(10-8-15)17-11-21-25(23(31)13-17)26(29-20-6-4-3-5-19(20)28-21)18-12-22(30(33)34)27(32)24(14-18)35-2/h3-10,12,14,17,26,28-29,32H,11,13H2,1-2H3/t17-,26+/m0/s1. The molecular formula is C27H25N3O5. The van der Waals surface area contributed by atoms with Crippen LogP contribution in [-0.2, 0) is 4.79 Å². The molecule has 0 amide bonds. The number of carbonyl (C=O) groups is 1. The number of Topliss-reactive ketones (excluding diaryl/α,β-unsaturated/α-hetero) is 1. The minimum Gasteiger partial charge on any atom is -0.500 e. The van der Waals surface area contributed by atoms with Crippen molar-refractivity contribution in [2.24, 2.45) is 0 Å². The van der Waals surface area contributed by atoms with E-state index in [1.165, 1.54) is 19.2 Å². The van der Waals surface area contributed by atoms with Crippen LogP contribution < -0.4 is 15.4 Å². The van der Waals surface area contributed by atoms with E-state index in [4.69, 9.17) is 4.74 Å². The Morgan fingerprint density at radius 1 is 1.03 bits per heavy atom. The highest BCUT2D eigenvalue weighted by atomic mass is 16.6. The van der Waals surface area contributed by atoms with Gasteiger partial charge in [0.05, 0.1) is 29.4 Å². The lowest BCUT2D eigenvalue weighted by atomic mass is 9.78. The largest absolute Gasteiger partial charge is 0.500 e. The number of nitro groups is 1. The number of aryl methyl sites for hydroxylation is 1. The molecule has 3 N–H and O–H groups in total.